The average molecular weight is 955 g/mol. The Morgan fingerprint density at radius 2 is 0.733 bits per heavy atom. The van der Waals surface area contributed by atoms with Crippen molar-refractivity contribution in [3.8, 4) is 61.3 Å². The van der Waals surface area contributed by atoms with Crippen LogP contribution in [0.25, 0.3) is 83.1 Å². The van der Waals surface area contributed by atoms with E-state index in [-0.39, 0.29) is 0 Å². The molecule has 1 aliphatic rings. The lowest BCUT2D eigenvalue weighted by molar-refractivity contribution is 0.768. The number of fused-ring (bicyclic) bond motifs is 6. The summed E-state index contributed by atoms with van der Waals surface area (Å²) >= 11 is 0. The number of rotatable bonds is 10. The van der Waals surface area contributed by atoms with Gasteiger partial charge in [0.05, 0.1) is 22.1 Å². The van der Waals surface area contributed by atoms with Crippen LogP contribution in [0.1, 0.15) is 22.3 Å². The van der Waals surface area contributed by atoms with Crippen molar-refractivity contribution < 1.29 is 0 Å². The van der Waals surface area contributed by atoms with Crippen LogP contribution < -0.4 is 4.90 Å². The van der Waals surface area contributed by atoms with Gasteiger partial charge < -0.3 is 9.47 Å². The van der Waals surface area contributed by atoms with E-state index in [2.05, 4.69) is 313 Å². The summed E-state index contributed by atoms with van der Waals surface area (Å²) in [5.41, 5.74) is 23.4. The molecule has 0 atom stereocenters. The fraction of sp³-hybridized carbons (Fsp3) is 0.0137. The van der Waals surface area contributed by atoms with Crippen molar-refractivity contribution in [1.29, 1.82) is 0 Å². The molecule has 1 aromatic heterocycles. The van der Waals surface area contributed by atoms with Crippen molar-refractivity contribution in [3.63, 3.8) is 0 Å². The van der Waals surface area contributed by atoms with Crippen LogP contribution in [-0.4, -0.2) is 4.57 Å². The Bertz CT molecular complexity index is 4090. The van der Waals surface area contributed by atoms with Crippen LogP contribution in [0, 0.1) is 0 Å². The Kier molecular flexibility index (Phi) is 10.8. The number of hydrogen-bond acceptors (Lipinski definition) is 1. The Morgan fingerprint density at radius 1 is 0.267 bits per heavy atom. The number of benzene rings is 12. The predicted molar refractivity (Wildman–Crippen MR) is 315 cm³/mol. The minimum atomic E-state index is -0.452. The standard InChI is InChI=1S/C73H50N2/c1-5-21-51(22-6-1)55-25-19-31-60(47-55)74(61-32-20-26-56(48-61)52-23-7-2-8-24-52)70-37-17-14-33-63(70)54-41-39-53(40-42-54)57-43-45-66-65-35-15-18-38-71(65)75(72(66)49-57)62-44-46-69-67(50-62)64-34-13-16-36-68(64)73(69,58-27-9-3-10-28-58)59-29-11-4-12-30-59/h1-50H. The molecule has 12 aromatic carbocycles. The third-order valence-electron chi connectivity index (χ3n) is 15.5. The smallest absolute Gasteiger partial charge is 0.0713 e. The van der Waals surface area contributed by atoms with Gasteiger partial charge in [0.15, 0.2) is 0 Å². The van der Waals surface area contributed by atoms with Crippen LogP contribution in [0.4, 0.5) is 17.1 Å². The van der Waals surface area contributed by atoms with Gasteiger partial charge in [0, 0.05) is 33.4 Å². The second-order valence-electron chi connectivity index (χ2n) is 19.6. The van der Waals surface area contributed by atoms with Gasteiger partial charge in [-0.1, -0.05) is 249 Å². The number of nitrogens with zero attached hydrogens (tertiary/aromatic N) is 2. The lowest BCUT2D eigenvalue weighted by atomic mass is 9.68. The van der Waals surface area contributed by atoms with E-state index in [1.54, 1.807) is 0 Å². The number of hydrogen-bond donors (Lipinski definition) is 0. The first kappa shape index (κ1) is 44.0. The molecule has 0 saturated carbocycles. The summed E-state index contributed by atoms with van der Waals surface area (Å²) in [6.07, 6.45) is 0. The molecule has 0 unspecified atom stereocenters. The van der Waals surface area contributed by atoms with Crippen LogP contribution >= 0.6 is 0 Å². The highest BCUT2D eigenvalue weighted by atomic mass is 15.1. The molecule has 14 rings (SSSR count). The summed E-state index contributed by atoms with van der Waals surface area (Å²) in [5.74, 6) is 0. The van der Waals surface area contributed by atoms with E-state index in [0.717, 1.165) is 39.4 Å². The Labute approximate surface area is 438 Å². The van der Waals surface area contributed by atoms with Gasteiger partial charge in [-0.05, 0) is 127 Å². The second kappa shape index (κ2) is 18.4. The van der Waals surface area contributed by atoms with Gasteiger partial charge in [-0.25, -0.2) is 0 Å². The van der Waals surface area contributed by atoms with Crippen LogP contribution in [-0.2, 0) is 5.41 Å². The van der Waals surface area contributed by atoms with Crippen molar-refractivity contribution in [2.45, 2.75) is 5.41 Å². The zero-order valence-electron chi connectivity index (χ0n) is 41.3. The lowest BCUT2D eigenvalue weighted by Crippen LogP contribution is -2.28. The Hall–Kier alpha value is -9.76. The average Bonchev–Trinajstić information content (AvgIpc) is 4.00. The first-order valence-corrected chi connectivity index (χ1v) is 25.9. The molecule has 75 heavy (non-hydrogen) atoms. The van der Waals surface area contributed by atoms with Gasteiger partial charge >= 0.3 is 0 Å². The van der Waals surface area contributed by atoms with Gasteiger partial charge in [0.2, 0.25) is 0 Å². The van der Waals surface area contributed by atoms with Crippen molar-refractivity contribution in [2.75, 3.05) is 4.90 Å². The quantitative estimate of drug-likeness (QED) is 0.133. The number of para-hydroxylation sites is 2. The second-order valence-corrected chi connectivity index (χ2v) is 19.6. The van der Waals surface area contributed by atoms with Gasteiger partial charge in [0.25, 0.3) is 0 Å². The molecule has 2 nitrogen and oxygen atoms in total. The Balaban J connectivity index is 0.875. The fourth-order valence-electron chi connectivity index (χ4n) is 12.1. The van der Waals surface area contributed by atoms with Crippen LogP contribution in [0.2, 0.25) is 0 Å². The number of aromatic nitrogens is 1. The van der Waals surface area contributed by atoms with Gasteiger partial charge in [-0.3, -0.25) is 0 Å². The van der Waals surface area contributed by atoms with E-state index in [1.165, 1.54) is 83.0 Å². The molecule has 0 amide bonds. The topological polar surface area (TPSA) is 8.17 Å². The Morgan fingerprint density at radius 3 is 1.39 bits per heavy atom. The molecule has 2 heteroatoms. The monoisotopic (exact) mass is 954 g/mol. The molecule has 13 aromatic rings. The SMILES string of the molecule is c1ccc(-c2cccc(N(c3cccc(-c4ccccc4)c3)c3ccccc3-c3ccc(-c4ccc5c6ccccc6n(-c6ccc7c(c6)-c6ccccc6C7(c6ccccc6)c6ccccc6)c5c4)cc3)c2)cc1. The summed E-state index contributed by atoms with van der Waals surface area (Å²) in [6, 6.07) is 111. The molecule has 1 aliphatic carbocycles. The van der Waals surface area contributed by atoms with Crippen molar-refractivity contribution in [1.82, 2.24) is 4.57 Å². The largest absolute Gasteiger partial charge is 0.310 e. The molecule has 0 saturated heterocycles. The van der Waals surface area contributed by atoms with E-state index >= 15 is 0 Å². The highest BCUT2D eigenvalue weighted by Gasteiger charge is 2.46. The molecule has 0 radical (unpaired) electrons. The highest BCUT2D eigenvalue weighted by molar-refractivity contribution is 6.10. The minimum Gasteiger partial charge on any atom is -0.310 e. The fourth-order valence-corrected chi connectivity index (χ4v) is 12.1. The van der Waals surface area contributed by atoms with E-state index in [9.17, 15) is 0 Å². The third kappa shape index (κ3) is 7.41. The summed E-state index contributed by atoms with van der Waals surface area (Å²) in [5, 5.41) is 2.47. The highest BCUT2D eigenvalue weighted by Crippen LogP contribution is 2.56. The van der Waals surface area contributed by atoms with E-state index in [4.69, 9.17) is 0 Å². The maximum atomic E-state index is 2.47. The first-order chi connectivity index (χ1) is 37.2. The van der Waals surface area contributed by atoms with E-state index in [1.807, 2.05) is 0 Å². The molecule has 1 heterocycles. The van der Waals surface area contributed by atoms with E-state index < -0.39 is 5.41 Å². The molecule has 0 aliphatic heterocycles. The minimum absolute atomic E-state index is 0.452. The zero-order valence-corrected chi connectivity index (χ0v) is 41.3. The van der Waals surface area contributed by atoms with Gasteiger partial charge in [0.1, 0.15) is 0 Å². The van der Waals surface area contributed by atoms with E-state index in [0.29, 0.717) is 0 Å². The van der Waals surface area contributed by atoms with Crippen molar-refractivity contribution in [3.05, 3.63) is 326 Å². The maximum absolute atomic E-state index is 2.47. The van der Waals surface area contributed by atoms with Gasteiger partial charge in [-0.2, -0.15) is 0 Å². The molecular weight excluding hydrogens is 905 g/mol. The number of anilines is 3. The summed E-state index contributed by atoms with van der Waals surface area (Å²) in [6.45, 7) is 0. The van der Waals surface area contributed by atoms with Crippen LogP contribution in [0.15, 0.2) is 303 Å². The van der Waals surface area contributed by atoms with Crippen molar-refractivity contribution in [2.24, 2.45) is 0 Å². The van der Waals surface area contributed by atoms with Gasteiger partial charge in [-0.15, -0.1) is 0 Å². The molecule has 0 bridgehead atoms. The molecule has 0 spiro atoms. The maximum Gasteiger partial charge on any atom is 0.0713 e. The molecule has 0 fully saturated rings. The zero-order chi connectivity index (χ0) is 49.7. The summed E-state index contributed by atoms with van der Waals surface area (Å²) in [7, 11) is 0. The summed E-state index contributed by atoms with van der Waals surface area (Å²) in [4.78, 5) is 2.41. The molecule has 352 valence electrons. The van der Waals surface area contributed by atoms with Crippen molar-refractivity contribution >= 4 is 38.9 Å². The predicted octanol–water partition coefficient (Wildman–Crippen LogP) is 19.3. The normalized spacial score (nSPS) is 12.4. The molecule has 0 N–H and O–H groups in total. The summed E-state index contributed by atoms with van der Waals surface area (Å²) < 4.78 is 2.47. The lowest BCUT2D eigenvalue weighted by Gasteiger charge is -2.33. The van der Waals surface area contributed by atoms with Crippen LogP contribution in [0.5, 0.6) is 0 Å². The molecular formula is C73H50N2. The third-order valence-corrected chi connectivity index (χ3v) is 15.5. The van der Waals surface area contributed by atoms with Crippen LogP contribution in [0.3, 0.4) is 0 Å². The first-order valence-electron chi connectivity index (χ1n) is 25.9.